The largest absolute Gasteiger partial charge is 0.495 e. The zero-order chi connectivity index (χ0) is 21.8. The second kappa shape index (κ2) is 9.02. The van der Waals surface area contributed by atoms with Gasteiger partial charge in [0.05, 0.1) is 31.0 Å². The number of nitrogens with one attached hydrogen (secondary N) is 1. The van der Waals surface area contributed by atoms with Gasteiger partial charge in [0.2, 0.25) is 15.9 Å². The van der Waals surface area contributed by atoms with E-state index in [9.17, 15) is 13.2 Å². The van der Waals surface area contributed by atoms with Crippen molar-refractivity contribution in [3.8, 4) is 5.75 Å². The van der Waals surface area contributed by atoms with Gasteiger partial charge in [0, 0.05) is 12.2 Å². The fourth-order valence-electron chi connectivity index (χ4n) is 3.55. The Labute approximate surface area is 183 Å². The number of hydrogen-bond donors (Lipinski definition) is 1. The van der Waals surface area contributed by atoms with E-state index >= 15 is 0 Å². The number of thiophene rings is 1. The SMILES string of the molecule is COc1ccc(NC(=O)CC(c2ccsc2)n2cnnn2)cc1N1CCCCS1(=O)=O. The minimum absolute atomic E-state index is 0.0982. The molecule has 1 aromatic carbocycles. The van der Waals surface area contributed by atoms with Crippen molar-refractivity contribution in [1.29, 1.82) is 0 Å². The van der Waals surface area contributed by atoms with Crippen molar-refractivity contribution >= 4 is 38.6 Å². The number of anilines is 2. The quantitative estimate of drug-likeness (QED) is 0.572. The van der Waals surface area contributed by atoms with Gasteiger partial charge in [0.1, 0.15) is 12.1 Å². The van der Waals surface area contributed by atoms with E-state index in [4.69, 9.17) is 4.74 Å². The summed E-state index contributed by atoms with van der Waals surface area (Å²) in [6, 6.07) is 6.56. The summed E-state index contributed by atoms with van der Waals surface area (Å²) in [7, 11) is -1.93. The van der Waals surface area contributed by atoms with Gasteiger partial charge in [-0.25, -0.2) is 13.1 Å². The van der Waals surface area contributed by atoms with Crippen LogP contribution in [0.1, 0.15) is 30.9 Å². The zero-order valence-electron chi connectivity index (χ0n) is 16.8. The summed E-state index contributed by atoms with van der Waals surface area (Å²) < 4.78 is 33.4. The Morgan fingerprint density at radius 3 is 2.87 bits per heavy atom. The zero-order valence-corrected chi connectivity index (χ0v) is 18.5. The third-order valence-corrected chi connectivity index (χ3v) is 7.63. The van der Waals surface area contributed by atoms with Crippen molar-refractivity contribution in [1.82, 2.24) is 20.2 Å². The third-order valence-electron chi connectivity index (χ3n) is 5.07. The van der Waals surface area contributed by atoms with Gasteiger partial charge in [0.25, 0.3) is 0 Å². The van der Waals surface area contributed by atoms with Crippen LogP contribution in [0.4, 0.5) is 11.4 Å². The van der Waals surface area contributed by atoms with Crippen LogP contribution >= 0.6 is 11.3 Å². The molecule has 3 heterocycles. The lowest BCUT2D eigenvalue weighted by atomic mass is 10.1. The molecule has 1 atom stereocenters. The Bertz CT molecular complexity index is 1100. The molecular weight excluding hydrogens is 440 g/mol. The molecule has 10 nitrogen and oxygen atoms in total. The molecule has 164 valence electrons. The minimum Gasteiger partial charge on any atom is -0.495 e. The fraction of sp³-hybridized carbons (Fsp3) is 0.368. The van der Waals surface area contributed by atoms with Gasteiger partial charge in [-0.1, -0.05) is 0 Å². The second-order valence-corrected chi connectivity index (χ2v) is 9.89. The first-order chi connectivity index (χ1) is 15.0. The van der Waals surface area contributed by atoms with Crippen LogP contribution in [0.2, 0.25) is 0 Å². The highest BCUT2D eigenvalue weighted by Crippen LogP contribution is 2.35. The molecule has 0 bridgehead atoms. The van der Waals surface area contributed by atoms with E-state index in [-0.39, 0.29) is 24.1 Å². The van der Waals surface area contributed by atoms with Gasteiger partial charge in [-0.2, -0.15) is 11.3 Å². The van der Waals surface area contributed by atoms with Crippen LogP contribution in [0.5, 0.6) is 5.75 Å². The Morgan fingerprint density at radius 1 is 1.32 bits per heavy atom. The van der Waals surface area contributed by atoms with E-state index < -0.39 is 10.0 Å². The molecule has 1 amide bonds. The predicted octanol–water partition coefficient (Wildman–Crippen LogP) is 2.29. The topological polar surface area (TPSA) is 119 Å². The first kappa shape index (κ1) is 21.2. The normalized spacial score (nSPS) is 16.6. The number of sulfonamides is 1. The number of ether oxygens (including phenoxy) is 1. The average Bonchev–Trinajstić information content (AvgIpc) is 3.46. The third kappa shape index (κ3) is 4.69. The van der Waals surface area contributed by atoms with E-state index in [0.29, 0.717) is 30.1 Å². The molecule has 1 saturated heterocycles. The van der Waals surface area contributed by atoms with Crippen LogP contribution in [0.3, 0.4) is 0 Å². The Morgan fingerprint density at radius 2 is 2.19 bits per heavy atom. The van der Waals surface area contributed by atoms with Crippen LogP contribution in [-0.4, -0.2) is 53.9 Å². The second-order valence-electron chi connectivity index (χ2n) is 7.10. The molecule has 12 heteroatoms. The molecule has 1 aliphatic heterocycles. The number of tetrazole rings is 1. The van der Waals surface area contributed by atoms with Gasteiger partial charge in [0.15, 0.2) is 0 Å². The molecule has 3 aromatic rings. The van der Waals surface area contributed by atoms with Crippen molar-refractivity contribution in [3.63, 3.8) is 0 Å². The monoisotopic (exact) mass is 462 g/mol. The van der Waals surface area contributed by atoms with E-state index in [2.05, 4.69) is 20.8 Å². The maximum atomic E-state index is 12.8. The highest BCUT2D eigenvalue weighted by Gasteiger charge is 2.29. The Hall–Kier alpha value is -2.99. The first-order valence-electron chi connectivity index (χ1n) is 9.71. The van der Waals surface area contributed by atoms with Crippen molar-refractivity contribution in [2.45, 2.75) is 25.3 Å². The number of amides is 1. The lowest BCUT2D eigenvalue weighted by Gasteiger charge is -2.29. The summed E-state index contributed by atoms with van der Waals surface area (Å²) in [5.74, 6) is 0.290. The van der Waals surface area contributed by atoms with Gasteiger partial charge < -0.3 is 10.1 Å². The average molecular weight is 463 g/mol. The van der Waals surface area contributed by atoms with E-state index in [1.54, 1.807) is 22.9 Å². The number of hydrogen-bond acceptors (Lipinski definition) is 8. The summed E-state index contributed by atoms with van der Waals surface area (Å²) in [4.78, 5) is 12.8. The van der Waals surface area contributed by atoms with Gasteiger partial charge in [-0.15, -0.1) is 5.10 Å². The molecule has 1 N–H and O–H groups in total. The maximum absolute atomic E-state index is 12.8. The Balaban J connectivity index is 1.55. The summed E-state index contributed by atoms with van der Waals surface area (Å²) in [5, 5.41) is 18.0. The van der Waals surface area contributed by atoms with Crippen molar-refractivity contribution < 1.29 is 17.9 Å². The van der Waals surface area contributed by atoms with Crippen LogP contribution in [0.25, 0.3) is 0 Å². The molecule has 1 aliphatic rings. The molecule has 0 spiro atoms. The van der Waals surface area contributed by atoms with E-state index in [1.165, 1.54) is 29.1 Å². The van der Waals surface area contributed by atoms with Crippen LogP contribution < -0.4 is 14.4 Å². The highest BCUT2D eigenvalue weighted by molar-refractivity contribution is 7.92. The van der Waals surface area contributed by atoms with Gasteiger partial charge in [-0.3, -0.25) is 9.10 Å². The van der Waals surface area contributed by atoms with E-state index in [1.807, 2.05) is 16.8 Å². The number of methoxy groups -OCH3 is 1. The predicted molar refractivity (Wildman–Crippen MR) is 117 cm³/mol. The van der Waals surface area contributed by atoms with Crippen molar-refractivity contribution in [3.05, 3.63) is 46.9 Å². The van der Waals surface area contributed by atoms with Gasteiger partial charge >= 0.3 is 0 Å². The molecule has 31 heavy (non-hydrogen) atoms. The molecule has 0 radical (unpaired) electrons. The molecule has 0 aliphatic carbocycles. The maximum Gasteiger partial charge on any atom is 0.235 e. The summed E-state index contributed by atoms with van der Waals surface area (Å²) in [6.45, 7) is 0.385. The molecule has 1 fully saturated rings. The number of aromatic nitrogens is 4. The fourth-order valence-corrected chi connectivity index (χ4v) is 5.90. The minimum atomic E-state index is -3.42. The summed E-state index contributed by atoms with van der Waals surface area (Å²) in [5.41, 5.74) is 1.85. The molecule has 0 saturated carbocycles. The number of benzene rings is 1. The first-order valence-corrected chi connectivity index (χ1v) is 12.3. The van der Waals surface area contributed by atoms with E-state index in [0.717, 1.165) is 12.0 Å². The number of carbonyl (C=O) groups is 1. The molecular formula is C19H22N6O4S2. The van der Waals surface area contributed by atoms with Gasteiger partial charge in [-0.05, 0) is 63.9 Å². The standard InChI is InChI=1S/C19H22N6O4S2/c1-29-18-5-4-15(10-17(18)25-7-2-3-9-31(25,27)28)21-19(26)11-16(14-6-8-30-12-14)24-13-20-22-23-24/h4-6,8,10,12-13,16H,2-3,7,9,11H2,1H3,(H,21,26). The van der Waals surface area contributed by atoms with Crippen LogP contribution in [-0.2, 0) is 14.8 Å². The summed E-state index contributed by atoms with van der Waals surface area (Å²) >= 11 is 1.53. The number of rotatable bonds is 7. The van der Waals surface area contributed by atoms with Crippen molar-refractivity contribution in [2.75, 3.05) is 29.0 Å². The lowest BCUT2D eigenvalue weighted by Crippen LogP contribution is -2.38. The molecule has 1 unspecified atom stereocenters. The van der Waals surface area contributed by atoms with Crippen LogP contribution in [0.15, 0.2) is 41.4 Å². The van der Waals surface area contributed by atoms with Crippen molar-refractivity contribution in [2.24, 2.45) is 0 Å². The molecule has 2 aromatic heterocycles. The lowest BCUT2D eigenvalue weighted by molar-refractivity contribution is -0.116. The number of nitrogens with zero attached hydrogens (tertiary/aromatic N) is 5. The number of carbonyl (C=O) groups excluding carboxylic acids is 1. The van der Waals surface area contributed by atoms with Crippen LogP contribution in [0, 0.1) is 0 Å². The Kier molecular flexibility index (Phi) is 6.18. The molecule has 4 rings (SSSR count). The highest BCUT2D eigenvalue weighted by atomic mass is 32.2. The summed E-state index contributed by atoms with van der Waals surface area (Å²) in [6.07, 6.45) is 3.00. The smallest absolute Gasteiger partial charge is 0.235 e.